The van der Waals surface area contributed by atoms with Crippen LogP contribution in [0.15, 0.2) is 34.2 Å². The summed E-state index contributed by atoms with van der Waals surface area (Å²) in [6.07, 6.45) is 3.10. The second-order valence-corrected chi connectivity index (χ2v) is 8.16. The maximum Gasteiger partial charge on any atom is 0.262 e. The van der Waals surface area contributed by atoms with Gasteiger partial charge < -0.3 is 4.90 Å². The number of piperidine rings is 1. The van der Waals surface area contributed by atoms with Crippen molar-refractivity contribution in [2.45, 2.75) is 51.2 Å². The minimum absolute atomic E-state index is 0.0218. The Balaban J connectivity index is 1.86. The number of likely N-dealkylation sites (tertiary alicyclic amines) is 1. The molecule has 1 amide bonds. The van der Waals surface area contributed by atoms with Crippen molar-refractivity contribution in [2.24, 2.45) is 5.92 Å². The number of para-hydroxylation sites is 1. The molecule has 5 nitrogen and oxygen atoms in total. The highest BCUT2D eigenvalue weighted by atomic mass is 32.2. The molecule has 1 aliphatic heterocycles. The van der Waals surface area contributed by atoms with Gasteiger partial charge in [-0.15, -0.1) is 0 Å². The molecular formula is C20H27N3O2S. The van der Waals surface area contributed by atoms with Crippen LogP contribution in [0.5, 0.6) is 0 Å². The van der Waals surface area contributed by atoms with Gasteiger partial charge in [-0.05, 0) is 44.2 Å². The van der Waals surface area contributed by atoms with Crippen molar-refractivity contribution in [3.63, 3.8) is 0 Å². The summed E-state index contributed by atoms with van der Waals surface area (Å²) >= 11 is 1.38. The minimum atomic E-state index is -0.0218. The number of amides is 1. The van der Waals surface area contributed by atoms with Gasteiger partial charge in [-0.1, -0.05) is 37.7 Å². The predicted molar refractivity (Wildman–Crippen MR) is 107 cm³/mol. The zero-order valence-electron chi connectivity index (χ0n) is 15.8. The van der Waals surface area contributed by atoms with E-state index in [4.69, 9.17) is 4.98 Å². The number of fused-ring (bicyclic) bond motifs is 1. The van der Waals surface area contributed by atoms with E-state index in [1.807, 2.05) is 36.1 Å². The predicted octanol–water partition coefficient (Wildman–Crippen LogP) is 3.72. The van der Waals surface area contributed by atoms with Crippen LogP contribution in [0.1, 0.15) is 46.1 Å². The zero-order chi connectivity index (χ0) is 18.7. The highest BCUT2D eigenvalue weighted by Crippen LogP contribution is 2.23. The molecule has 1 aliphatic rings. The number of carbonyl (C=O) groups is 1. The van der Waals surface area contributed by atoms with Gasteiger partial charge >= 0.3 is 0 Å². The summed E-state index contributed by atoms with van der Waals surface area (Å²) in [5.41, 5.74) is 0.671. The minimum Gasteiger partial charge on any atom is -0.342 e. The van der Waals surface area contributed by atoms with Gasteiger partial charge in [0.1, 0.15) is 0 Å². The van der Waals surface area contributed by atoms with Crippen molar-refractivity contribution in [3.8, 4) is 0 Å². The Kier molecular flexibility index (Phi) is 6.01. The topological polar surface area (TPSA) is 55.2 Å². The maximum atomic E-state index is 13.0. The Morgan fingerprint density at radius 3 is 2.88 bits per heavy atom. The summed E-state index contributed by atoms with van der Waals surface area (Å²) in [4.78, 5) is 32.2. The van der Waals surface area contributed by atoms with Gasteiger partial charge in [0.2, 0.25) is 5.91 Å². The Bertz CT molecular complexity index is 849. The van der Waals surface area contributed by atoms with Gasteiger partial charge in [-0.25, -0.2) is 4.98 Å². The Morgan fingerprint density at radius 1 is 1.38 bits per heavy atom. The SMILES string of the molecule is CC[C@@H](C)n1c(SCC(=O)N2CCC[C@H](C)C2)nc2ccccc2c1=O. The summed E-state index contributed by atoms with van der Waals surface area (Å²) < 4.78 is 1.75. The molecule has 2 atom stereocenters. The van der Waals surface area contributed by atoms with E-state index in [2.05, 4.69) is 13.8 Å². The lowest BCUT2D eigenvalue weighted by Crippen LogP contribution is -2.40. The molecule has 0 unspecified atom stereocenters. The average molecular weight is 374 g/mol. The molecule has 0 radical (unpaired) electrons. The summed E-state index contributed by atoms with van der Waals surface area (Å²) in [7, 11) is 0. The first-order chi connectivity index (χ1) is 12.5. The van der Waals surface area contributed by atoms with E-state index in [1.54, 1.807) is 4.57 Å². The van der Waals surface area contributed by atoms with Gasteiger partial charge in [-0.2, -0.15) is 0 Å². The number of hydrogen-bond acceptors (Lipinski definition) is 4. The monoisotopic (exact) mass is 373 g/mol. The third-order valence-electron chi connectivity index (χ3n) is 5.14. The van der Waals surface area contributed by atoms with E-state index < -0.39 is 0 Å². The van der Waals surface area contributed by atoms with Crippen LogP contribution in [0.25, 0.3) is 10.9 Å². The molecule has 2 aromatic rings. The lowest BCUT2D eigenvalue weighted by Gasteiger charge is -2.31. The number of nitrogens with zero attached hydrogens (tertiary/aromatic N) is 3. The van der Waals surface area contributed by atoms with Crippen molar-refractivity contribution in [3.05, 3.63) is 34.6 Å². The highest BCUT2D eigenvalue weighted by Gasteiger charge is 2.22. The standard InChI is InChI=1S/C20H27N3O2S/c1-4-15(3)23-19(25)16-9-5-6-10-17(16)21-20(23)26-13-18(24)22-11-7-8-14(2)12-22/h5-6,9-10,14-15H,4,7-8,11-13H2,1-3H3/t14-,15+/m0/s1. The van der Waals surface area contributed by atoms with Crippen LogP contribution in [0.4, 0.5) is 0 Å². The fraction of sp³-hybridized carbons (Fsp3) is 0.550. The quantitative estimate of drug-likeness (QED) is 0.592. The molecule has 140 valence electrons. The van der Waals surface area contributed by atoms with Crippen molar-refractivity contribution >= 4 is 28.6 Å². The fourth-order valence-corrected chi connectivity index (χ4v) is 4.43. The zero-order valence-corrected chi connectivity index (χ0v) is 16.6. The molecule has 1 aromatic heterocycles. The van der Waals surface area contributed by atoms with Crippen LogP contribution in [0.2, 0.25) is 0 Å². The van der Waals surface area contributed by atoms with E-state index >= 15 is 0 Å². The van der Waals surface area contributed by atoms with Crippen LogP contribution in [-0.2, 0) is 4.79 Å². The number of hydrogen-bond donors (Lipinski definition) is 0. The van der Waals surface area contributed by atoms with Crippen molar-refractivity contribution in [1.29, 1.82) is 0 Å². The first kappa shape index (κ1) is 19.0. The van der Waals surface area contributed by atoms with Crippen LogP contribution in [0.3, 0.4) is 0 Å². The van der Waals surface area contributed by atoms with Crippen LogP contribution in [-0.4, -0.2) is 39.2 Å². The molecule has 0 saturated carbocycles. The van der Waals surface area contributed by atoms with Gasteiger partial charge in [0, 0.05) is 19.1 Å². The molecule has 0 spiro atoms. The molecule has 2 heterocycles. The van der Waals surface area contributed by atoms with E-state index in [0.717, 1.165) is 25.9 Å². The van der Waals surface area contributed by atoms with Crippen molar-refractivity contribution < 1.29 is 4.79 Å². The lowest BCUT2D eigenvalue weighted by atomic mass is 10.0. The first-order valence-electron chi connectivity index (χ1n) is 9.43. The summed E-state index contributed by atoms with van der Waals surface area (Å²) in [5.74, 6) is 1.03. The number of rotatable bonds is 5. The number of thioether (sulfide) groups is 1. The second-order valence-electron chi connectivity index (χ2n) is 7.22. The van der Waals surface area contributed by atoms with E-state index in [0.29, 0.717) is 27.7 Å². The third-order valence-corrected chi connectivity index (χ3v) is 6.08. The molecular weight excluding hydrogens is 346 g/mol. The second kappa shape index (κ2) is 8.25. The van der Waals surface area contributed by atoms with Gasteiger partial charge in [-0.3, -0.25) is 14.2 Å². The molecule has 0 aliphatic carbocycles. The fourth-order valence-electron chi connectivity index (χ4n) is 3.43. The van der Waals surface area contributed by atoms with Crippen molar-refractivity contribution in [1.82, 2.24) is 14.5 Å². The van der Waals surface area contributed by atoms with E-state index in [1.165, 1.54) is 18.2 Å². The van der Waals surface area contributed by atoms with Gasteiger partial charge in [0.05, 0.1) is 16.7 Å². The molecule has 1 fully saturated rings. The van der Waals surface area contributed by atoms with Gasteiger partial charge in [0.25, 0.3) is 5.56 Å². The maximum absolute atomic E-state index is 13.0. The van der Waals surface area contributed by atoms with E-state index in [9.17, 15) is 9.59 Å². The van der Waals surface area contributed by atoms with Crippen LogP contribution < -0.4 is 5.56 Å². The molecule has 3 rings (SSSR count). The summed E-state index contributed by atoms with van der Waals surface area (Å²) in [5, 5.41) is 1.27. The Hall–Kier alpha value is -1.82. The molecule has 6 heteroatoms. The number of benzene rings is 1. The number of aromatic nitrogens is 2. The summed E-state index contributed by atoms with van der Waals surface area (Å²) in [6.45, 7) is 7.95. The van der Waals surface area contributed by atoms with E-state index in [-0.39, 0.29) is 17.5 Å². The summed E-state index contributed by atoms with van der Waals surface area (Å²) in [6, 6.07) is 7.47. The van der Waals surface area contributed by atoms with Crippen LogP contribution >= 0.6 is 11.8 Å². The highest BCUT2D eigenvalue weighted by molar-refractivity contribution is 7.99. The molecule has 0 N–H and O–H groups in total. The molecule has 1 saturated heterocycles. The lowest BCUT2D eigenvalue weighted by molar-refractivity contribution is -0.130. The third kappa shape index (κ3) is 3.95. The molecule has 1 aromatic carbocycles. The normalized spacial score (nSPS) is 18.9. The van der Waals surface area contributed by atoms with Gasteiger partial charge in [0.15, 0.2) is 5.16 Å². The Labute approximate surface area is 158 Å². The largest absolute Gasteiger partial charge is 0.342 e. The van der Waals surface area contributed by atoms with Crippen molar-refractivity contribution in [2.75, 3.05) is 18.8 Å². The Morgan fingerprint density at radius 2 is 2.15 bits per heavy atom. The average Bonchev–Trinajstić information content (AvgIpc) is 2.65. The molecule has 26 heavy (non-hydrogen) atoms. The number of carbonyl (C=O) groups excluding carboxylic acids is 1. The van der Waals surface area contributed by atoms with Crippen LogP contribution in [0, 0.1) is 5.92 Å². The smallest absolute Gasteiger partial charge is 0.262 e. The molecule has 0 bridgehead atoms. The first-order valence-corrected chi connectivity index (χ1v) is 10.4.